The first-order valence-corrected chi connectivity index (χ1v) is 10.3. The lowest BCUT2D eigenvalue weighted by Crippen LogP contribution is -2.12. The van der Waals surface area contributed by atoms with E-state index in [4.69, 9.17) is 11.6 Å². The molecule has 8 heteroatoms. The maximum Gasteiger partial charge on any atom is 0.229 e. The molecule has 0 aliphatic rings. The number of benzene rings is 2. The fourth-order valence-electron chi connectivity index (χ4n) is 1.87. The second-order valence-electron chi connectivity index (χ2n) is 5.03. The number of carbonyl (C=O) groups is 1. The quantitative estimate of drug-likeness (QED) is 0.711. The van der Waals surface area contributed by atoms with Crippen molar-refractivity contribution in [3.8, 4) is 0 Å². The van der Waals surface area contributed by atoms with E-state index < -0.39 is 10.0 Å². The van der Waals surface area contributed by atoms with Gasteiger partial charge in [0.1, 0.15) is 0 Å². The van der Waals surface area contributed by atoms with Crippen LogP contribution in [-0.4, -0.2) is 26.3 Å². The summed E-state index contributed by atoms with van der Waals surface area (Å²) in [6, 6.07) is 14.0. The molecule has 0 fully saturated rings. The molecule has 5 nitrogen and oxygen atoms in total. The summed E-state index contributed by atoms with van der Waals surface area (Å²) in [7, 11) is -3.31. The van der Waals surface area contributed by atoms with Crippen LogP contribution in [0.2, 0.25) is 5.02 Å². The van der Waals surface area contributed by atoms with E-state index in [-0.39, 0.29) is 5.91 Å². The smallest absolute Gasteiger partial charge is 0.229 e. The highest BCUT2D eigenvalue weighted by Crippen LogP contribution is 2.27. The van der Waals surface area contributed by atoms with Crippen molar-refractivity contribution >= 4 is 50.7 Å². The first-order chi connectivity index (χ1) is 11.3. The Labute approximate surface area is 150 Å². The topological polar surface area (TPSA) is 75.3 Å². The van der Waals surface area contributed by atoms with E-state index in [0.717, 1.165) is 11.2 Å². The van der Waals surface area contributed by atoms with Crippen LogP contribution in [0, 0.1) is 0 Å². The van der Waals surface area contributed by atoms with Crippen molar-refractivity contribution in [2.24, 2.45) is 0 Å². The molecule has 0 aliphatic carbocycles. The van der Waals surface area contributed by atoms with Crippen LogP contribution in [0.5, 0.6) is 0 Å². The van der Waals surface area contributed by atoms with Crippen LogP contribution in [0.3, 0.4) is 0 Å². The molecule has 2 N–H and O–H groups in total. The predicted molar refractivity (Wildman–Crippen MR) is 100 cm³/mol. The Morgan fingerprint density at radius 1 is 1.08 bits per heavy atom. The van der Waals surface area contributed by atoms with E-state index in [1.807, 2.05) is 24.3 Å². The summed E-state index contributed by atoms with van der Waals surface area (Å²) in [6.07, 6.45) is 1.43. The molecule has 0 spiro atoms. The van der Waals surface area contributed by atoms with Crippen LogP contribution < -0.4 is 10.0 Å². The van der Waals surface area contributed by atoms with Crippen molar-refractivity contribution in [1.29, 1.82) is 0 Å². The minimum Gasteiger partial charge on any atom is -0.326 e. The molecular weight excluding hydrogens is 368 g/mol. The summed E-state index contributed by atoms with van der Waals surface area (Å²) in [5.41, 5.74) is 1.06. The Morgan fingerprint density at radius 3 is 2.33 bits per heavy atom. The van der Waals surface area contributed by atoms with Gasteiger partial charge in [0, 0.05) is 28.4 Å². The van der Waals surface area contributed by atoms with Crippen molar-refractivity contribution in [2.45, 2.75) is 11.3 Å². The van der Waals surface area contributed by atoms with Crippen molar-refractivity contribution < 1.29 is 13.2 Å². The number of nitrogens with one attached hydrogen (secondary N) is 2. The average Bonchev–Trinajstić information content (AvgIpc) is 2.50. The standard InChI is InChI=1S/C16H17ClN2O3S2/c1-24(21,22)19-13-8-6-12(7-9-13)18-16(20)10-11-23-15-5-3-2-4-14(15)17/h2-9,19H,10-11H2,1H3,(H,18,20). The number of thioether (sulfide) groups is 1. The number of amides is 1. The number of rotatable bonds is 7. The third-order valence-electron chi connectivity index (χ3n) is 2.90. The van der Waals surface area contributed by atoms with Crippen molar-refractivity contribution in [1.82, 2.24) is 0 Å². The molecular formula is C16H17ClN2O3S2. The lowest BCUT2D eigenvalue weighted by molar-refractivity contribution is -0.115. The molecule has 0 aromatic heterocycles. The monoisotopic (exact) mass is 384 g/mol. The number of hydrogen-bond donors (Lipinski definition) is 2. The fourth-order valence-corrected chi connectivity index (χ4v) is 3.63. The summed E-state index contributed by atoms with van der Waals surface area (Å²) in [5, 5.41) is 3.45. The van der Waals surface area contributed by atoms with Crippen LogP contribution >= 0.6 is 23.4 Å². The molecule has 0 atom stereocenters. The first kappa shape index (κ1) is 18.6. The van der Waals surface area contributed by atoms with E-state index in [1.54, 1.807) is 24.3 Å². The number of anilines is 2. The molecule has 0 bridgehead atoms. The molecule has 2 aromatic carbocycles. The van der Waals surface area contributed by atoms with Gasteiger partial charge < -0.3 is 5.32 Å². The lowest BCUT2D eigenvalue weighted by Gasteiger charge is -2.08. The zero-order chi connectivity index (χ0) is 17.6. The molecule has 24 heavy (non-hydrogen) atoms. The van der Waals surface area contributed by atoms with Gasteiger partial charge in [-0.3, -0.25) is 9.52 Å². The molecule has 2 aromatic rings. The molecule has 128 valence electrons. The highest BCUT2D eigenvalue weighted by molar-refractivity contribution is 7.99. The zero-order valence-corrected chi connectivity index (χ0v) is 15.3. The van der Waals surface area contributed by atoms with E-state index in [1.165, 1.54) is 11.8 Å². The van der Waals surface area contributed by atoms with E-state index in [9.17, 15) is 13.2 Å². The summed E-state index contributed by atoms with van der Waals surface area (Å²) in [6.45, 7) is 0. The van der Waals surface area contributed by atoms with Crippen molar-refractivity contribution in [3.05, 3.63) is 53.6 Å². The second-order valence-corrected chi connectivity index (χ2v) is 8.32. The highest BCUT2D eigenvalue weighted by atomic mass is 35.5. The Balaban J connectivity index is 1.81. The normalized spacial score (nSPS) is 11.1. The van der Waals surface area contributed by atoms with Crippen molar-refractivity contribution in [2.75, 3.05) is 22.0 Å². The number of halogens is 1. The highest BCUT2D eigenvalue weighted by Gasteiger charge is 2.06. The van der Waals surface area contributed by atoms with Crippen LogP contribution in [0.15, 0.2) is 53.4 Å². The maximum atomic E-state index is 11.9. The fraction of sp³-hybridized carbons (Fsp3) is 0.188. The van der Waals surface area contributed by atoms with Crippen LogP contribution in [-0.2, 0) is 14.8 Å². The molecule has 0 heterocycles. The van der Waals surface area contributed by atoms with Crippen LogP contribution in [0.4, 0.5) is 11.4 Å². The van der Waals surface area contributed by atoms with E-state index >= 15 is 0 Å². The van der Waals surface area contributed by atoms with Gasteiger partial charge in [-0.25, -0.2) is 8.42 Å². The van der Waals surface area contributed by atoms with Crippen molar-refractivity contribution in [3.63, 3.8) is 0 Å². The average molecular weight is 385 g/mol. The lowest BCUT2D eigenvalue weighted by atomic mass is 10.3. The Hall–Kier alpha value is -1.70. The number of sulfonamides is 1. The van der Waals surface area contributed by atoms with E-state index in [2.05, 4.69) is 10.0 Å². The molecule has 0 aliphatic heterocycles. The number of carbonyl (C=O) groups excluding carboxylic acids is 1. The molecule has 0 unspecified atom stereocenters. The Kier molecular flexibility index (Phi) is 6.53. The van der Waals surface area contributed by atoms with Crippen LogP contribution in [0.1, 0.15) is 6.42 Å². The third-order valence-corrected chi connectivity index (χ3v) is 5.02. The van der Waals surface area contributed by atoms with Gasteiger partial charge in [-0.15, -0.1) is 11.8 Å². The molecule has 0 saturated carbocycles. The van der Waals surface area contributed by atoms with Gasteiger partial charge in [-0.1, -0.05) is 23.7 Å². The zero-order valence-electron chi connectivity index (χ0n) is 13.0. The molecule has 1 amide bonds. The summed E-state index contributed by atoms with van der Waals surface area (Å²) in [5.74, 6) is 0.502. The largest absolute Gasteiger partial charge is 0.326 e. The van der Waals surface area contributed by atoms with Gasteiger partial charge in [0.15, 0.2) is 0 Å². The van der Waals surface area contributed by atoms with Gasteiger partial charge in [0.25, 0.3) is 0 Å². The molecule has 0 saturated heterocycles. The minimum absolute atomic E-state index is 0.113. The third kappa shape index (κ3) is 6.43. The van der Waals surface area contributed by atoms with Gasteiger partial charge in [-0.05, 0) is 36.4 Å². The van der Waals surface area contributed by atoms with E-state index in [0.29, 0.717) is 28.6 Å². The SMILES string of the molecule is CS(=O)(=O)Nc1ccc(NC(=O)CCSc2ccccc2Cl)cc1. The minimum atomic E-state index is -3.31. The Morgan fingerprint density at radius 2 is 1.71 bits per heavy atom. The summed E-state index contributed by atoms with van der Waals surface area (Å²) < 4.78 is 24.6. The molecule has 2 rings (SSSR count). The van der Waals surface area contributed by atoms with Gasteiger partial charge in [0.05, 0.1) is 11.3 Å². The predicted octanol–water partition coefficient (Wildman–Crippen LogP) is 3.83. The Bertz CT molecular complexity index is 808. The van der Waals surface area contributed by atoms with Gasteiger partial charge in [0.2, 0.25) is 15.9 Å². The summed E-state index contributed by atoms with van der Waals surface area (Å²) in [4.78, 5) is 12.9. The maximum absolute atomic E-state index is 11.9. The van der Waals surface area contributed by atoms with Crippen LogP contribution in [0.25, 0.3) is 0 Å². The molecule has 0 radical (unpaired) electrons. The first-order valence-electron chi connectivity index (χ1n) is 7.08. The second kappa shape index (κ2) is 8.41. The van der Waals surface area contributed by atoms with Gasteiger partial charge >= 0.3 is 0 Å². The summed E-state index contributed by atoms with van der Waals surface area (Å²) >= 11 is 7.59. The van der Waals surface area contributed by atoms with Gasteiger partial charge in [-0.2, -0.15) is 0 Å². The number of hydrogen-bond acceptors (Lipinski definition) is 4.